The van der Waals surface area contributed by atoms with Crippen molar-refractivity contribution in [1.82, 2.24) is 4.57 Å². The van der Waals surface area contributed by atoms with E-state index in [1.54, 1.807) is 5.56 Å². The van der Waals surface area contributed by atoms with Gasteiger partial charge < -0.3 is 14.4 Å². The van der Waals surface area contributed by atoms with Gasteiger partial charge in [0.05, 0.1) is 5.52 Å². The Kier molecular flexibility index (Phi) is 6.36. The molecule has 3 nitrogen and oxygen atoms in total. The summed E-state index contributed by atoms with van der Waals surface area (Å²) >= 11 is 0. The molecule has 0 radical (unpaired) electrons. The van der Waals surface area contributed by atoms with Crippen LogP contribution in [0.1, 0.15) is 36.9 Å². The molecule has 1 aliphatic carbocycles. The molecule has 1 aromatic heterocycles. The topological polar surface area (TPSA) is 11.4 Å². The third-order valence-corrected chi connectivity index (χ3v) is 10.9. The normalized spacial score (nSPS) is 14.9. The van der Waals surface area contributed by atoms with Crippen molar-refractivity contribution < 1.29 is 0 Å². The van der Waals surface area contributed by atoms with Gasteiger partial charge in [0.1, 0.15) is 0 Å². The largest absolute Gasteiger partial charge is 0.313 e. The Morgan fingerprint density at radius 2 is 1.04 bits per heavy atom. The zero-order valence-corrected chi connectivity index (χ0v) is 27.0. The average Bonchev–Trinajstić information content (AvgIpc) is 3.43. The van der Waals surface area contributed by atoms with Crippen LogP contribution in [-0.2, 0) is 12.8 Å². The molecule has 0 N–H and O–H groups in total. The minimum absolute atomic E-state index is 0.124. The van der Waals surface area contributed by atoms with Gasteiger partial charge in [0.15, 0.2) is 0 Å². The second-order valence-corrected chi connectivity index (χ2v) is 13.5. The quantitative estimate of drug-likeness (QED) is 0.183. The van der Waals surface area contributed by atoms with E-state index in [-0.39, 0.29) is 6.71 Å². The lowest BCUT2D eigenvalue weighted by atomic mass is 9.33. The molecule has 0 bridgehead atoms. The molecule has 48 heavy (non-hydrogen) atoms. The van der Waals surface area contributed by atoms with E-state index in [0.29, 0.717) is 0 Å². The predicted molar refractivity (Wildman–Crippen MR) is 203 cm³/mol. The van der Waals surface area contributed by atoms with Gasteiger partial charge in [-0.3, -0.25) is 0 Å². The molecule has 3 heterocycles. The fourth-order valence-electron chi connectivity index (χ4n) is 8.86. The number of hydrogen-bond donors (Lipinski definition) is 0. The summed E-state index contributed by atoms with van der Waals surface area (Å²) in [6.07, 6.45) is 7.45. The van der Waals surface area contributed by atoms with E-state index in [1.807, 2.05) is 0 Å². The van der Waals surface area contributed by atoms with Gasteiger partial charge in [-0.2, -0.15) is 0 Å². The average molecular weight is 618 g/mol. The maximum Gasteiger partial charge on any atom is 0.252 e. The summed E-state index contributed by atoms with van der Waals surface area (Å²) in [5.74, 6) is 0. The number of nitrogens with zero attached hydrogens (tertiary/aromatic N) is 3. The summed E-state index contributed by atoms with van der Waals surface area (Å²) in [6.45, 7) is 0.124. The maximum absolute atomic E-state index is 2.59. The molecular formula is C44H36BN3. The highest BCUT2D eigenvalue weighted by Crippen LogP contribution is 2.44. The highest BCUT2D eigenvalue weighted by Gasteiger charge is 2.43. The van der Waals surface area contributed by atoms with Crippen LogP contribution in [0.5, 0.6) is 0 Å². The Morgan fingerprint density at radius 1 is 0.438 bits per heavy atom. The van der Waals surface area contributed by atoms with Crippen LogP contribution in [0.3, 0.4) is 0 Å². The predicted octanol–water partition coefficient (Wildman–Crippen LogP) is 9.37. The Labute approximate surface area is 282 Å². The van der Waals surface area contributed by atoms with Gasteiger partial charge in [-0.1, -0.05) is 97.8 Å². The fraction of sp³-hybridized carbons (Fsp3) is 0.136. The third-order valence-electron chi connectivity index (χ3n) is 10.9. The number of anilines is 6. The van der Waals surface area contributed by atoms with Crippen LogP contribution in [0.4, 0.5) is 34.1 Å². The van der Waals surface area contributed by atoms with Crippen LogP contribution in [0.2, 0.25) is 0 Å². The molecule has 7 aromatic rings. The van der Waals surface area contributed by atoms with E-state index < -0.39 is 0 Å². The van der Waals surface area contributed by atoms with E-state index in [4.69, 9.17) is 0 Å². The van der Waals surface area contributed by atoms with E-state index >= 15 is 0 Å². The smallest absolute Gasteiger partial charge is 0.252 e. The summed E-state index contributed by atoms with van der Waals surface area (Å²) in [6, 6.07) is 54.0. The minimum Gasteiger partial charge on any atom is -0.313 e. The summed E-state index contributed by atoms with van der Waals surface area (Å²) < 4.78 is 2.59. The number of benzene rings is 6. The van der Waals surface area contributed by atoms with Crippen LogP contribution in [0.25, 0.3) is 16.6 Å². The van der Waals surface area contributed by atoms with Crippen molar-refractivity contribution in [2.75, 3.05) is 9.80 Å². The molecule has 0 unspecified atom stereocenters. The molecule has 2 aliphatic heterocycles. The Morgan fingerprint density at radius 3 is 1.81 bits per heavy atom. The van der Waals surface area contributed by atoms with Gasteiger partial charge in [-0.15, -0.1) is 0 Å². The van der Waals surface area contributed by atoms with Crippen molar-refractivity contribution in [3.63, 3.8) is 0 Å². The fourth-order valence-corrected chi connectivity index (χ4v) is 8.86. The molecule has 0 fully saturated rings. The number of fused-ring (bicyclic) bond motifs is 7. The number of rotatable bonds is 3. The first kappa shape index (κ1) is 27.6. The lowest BCUT2D eigenvalue weighted by molar-refractivity contribution is 0.608. The Bertz CT molecular complexity index is 2320. The molecule has 0 amide bonds. The molecule has 6 aromatic carbocycles. The summed E-state index contributed by atoms with van der Waals surface area (Å²) in [5.41, 5.74) is 17.1. The van der Waals surface area contributed by atoms with Crippen molar-refractivity contribution in [2.45, 2.75) is 38.5 Å². The monoisotopic (exact) mass is 617 g/mol. The first-order valence-corrected chi connectivity index (χ1v) is 17.5. The van der Waals surface area contributed by atoms with Gasteiger partial charge >= 0.3 is 0 Å². The molecule has 230 valence electrons. The van der Waals surface area contributed by atoms with Crippen molar-refractivity contribution >= 4 is 68.1 Å². The lowest BCUT2D eigenvalue weighted by Crippen LogP contribution is -2.61. The first-order chi connectivity index (χ1) is 23.9. The molecule has 10 rings (SSSR count). The molecule has 0 atom stereocenters. The number of para-hydroxylation sites is 4. The SMILES string of the molecule is c1ccc(N2c3ccccc3B3c4ccc(-n5c6c(c7ccccc75)CCCCCC6)cc4N(c4ccccc4)c4cccc2c43)cc1. The van der Waals surface area contributed by atoms with Gasteiger partial charge in [0.25, 0.3) is 6.71 Å². The van der Waals surface area contributed by atoms with E-state index in [0.717, 1.165) is 12.8 Å². The summed E-state index contributed by atoms with van der Waals surface area (Å²) in [4.78, 5) is 4.97. The Hall–Kier alpha value is -5.48. The summed E-state index contributed by atoms with van der Waals surface area (Å²) in [5, 5.41) is 1.42. The molecule has 3 aliphatic rings. The van der Waals surface area contributed by atoms with E-state index in [1.165, 1.54) is 98.5 Å². The van der Waals surface area contributed by atoms with E-state index in [9.17, 15) is 0 Å². The number of aromatic nitrogens is 1. The first-order valence-electron chi connectivity index (χ1n) is 17.5. The zero-order chi connectivity index (χ0) is 31.6. The standard InChI is InChI=1S/C44H36BN3/c1-2-10-23-38-34(20-9-1)35-21-11-13-24-39(35)48(38)33-28-29-37-43(30-33)47(32-18-7-4-8-19-32)42-27-15-26-41-44(42)45(37)36-22-12-14-25-40(36)46(41)31-16-5-3-6-17-31/h3-8,11-19,21-22,24-30H,1-2,9-10,20,23H2. The van der Waals surface area contributed by atoms with Crippen molar-refractivity contribution in [1.29, 1.82) is 0 Å². The van der Waals surface area contributed by atoms with E-state index in [2.05, 4.69) is 160 Å². The van der Waals surface area contributed by atoms with Crippen LogP contribution in [0, 0.1) is 0 Å². The Balaban J connectivity index is 1.25. The molecule has 4 heteroatoms. The van der Waals surface area contributed by atoms with Crippen molar-refractivity contribution in [2.24, 2.45) is 0 Å². The van der Waals surface area contributed by atoms with Gasteiger partial charge in [-0.05, 0) is 108 Å². The van der Waals surface area contributed by atoms with Gasteiger partial charge in [0.2, 0.25) is 0 Å². The van der Waals surface area contributed by atoms with Crippen molar-refractivity contribution in [3.05, 3.63) is 157 Å². The lowest BCUT2D eigenvalue weighted by Gasteiger charge is -2.44. The van der Waals surface area contributed by atoms with Gasteiger partial charge in [0, 0.05) is 50.9 Å². The third kappa shape index (κ3) is 4.08. The molecular weight excluding hydrogens is 581 g/mol. The van der Waals surface area contributed by atoms with Gasteiger partial charge in [-0.25, -0.2) is 0 Å². The number of hydrogen-bond acceptors (Lipinski definition) is 2. The second kappa shape index (κ2) is 11.1. The van der Waals surface area contributed by atoms with Crippen LogP contribution >= 0.6 is 0 Å². The van der Waals surface area contributed by atoms with Crippen LogP contribution < -0.4 is 26.2 Å². The molecule has 0 saturated heterocycles. The zero-order valence-electron chi connectivity index (χ0n) is 27.0. The minimum atomic E-state index is 0.124. The molecule has 0 spiro atoms. The molecule has 0 saturated carbocycles. The maximum atomic E-state index is 2.59. The highest BCUT2D eigenvalue weighted by molar-refractivity contribution is 7.00. The second-order valence-electron chi connectivity index (χ2n) is 13.5. The number of aryl methyl sites for hydroxylation is 1. The van der Waals surface area contributed by atoms with Crippen molar-refractivity contribution in [3.8, 4) is 5.69 Å². The summed E-state index contributed by atoms with van der Waals surface area (Å²) in [7, 11) is 0. The van der Waals surface area contributed by atoms with Crippen LogP contribution in [0.15, 0.2) is 146 Å². The van der Waals surface area contributed by atoms with Crippen LogP contribution in [-0.4, -0.2) is 11.3 Å². The highest BCUT2D eigenvalue weighted by atomic mass is 15.2.